The van der Waals surface area contributed by atoms with E-state index in [1.807, 2.05) is 24.3 Å². The van der Waals surface area contributed by atoms with Gasteiger partial charge in [-0.15, -0.1) is 0 Å². The van der Waals surface area contributed by atoms with Crippen LogP contribution in [0.2, 0.25) is 0 Å². The molecule has 140 valence electrons. The summed E-state index contributed by atoms with van der Waals surface area (Å²) in [7, 11) is 0. The highest BCUT2D eigenvalue weighted by atomic mass is 19.4. The molecule has 0 aliphatic carbocycles. The highest BCUT2D eigenvalue weighted by molar-refractivity contribution is 5.76. The minimum atomic E-state index is -4.39. The van der Waals surface area contributed by atoms with E-state index in [2.05, 4.69) is 27.0 Å². The van der Waals surface area contributed by atoms with Crippen molar-refractivity contribution in [2.75, 3.05) is 13.1 Å². The lowest BCUT2D eigenvalue weighted by molar-refractivity contribution is -0.137. The molecule has 27 heavy (non-hydrogen) atoms. The molecule has 0 unspecified atom stereocenters. The number of rotatable bonds is 4. The first kappa shape index (κ1) is 17.9. The van der Waals surface area contributed by atoms with Crippen LogP contribution in [-0.2, 0) is 25.6 Å². The van der Waals surface area contributed by atoms with Crippen LogP contribution in [0.3, 0.4) is 0 Å². The minimum absolute atomic E-state index is 0.388. The molecular weight excluding hydrogens is 351 g/mol. The summed E-state index contributed by atoms with van der Waals surface area (Å²) < 4.78 is 38.8. The topological polar surface area (TPSA) is 29.0 Å². The molecule has 3 aromatic rings. The molecule has 0 atom stereocenters. The molecule has 3 nitrogen and oxygen atoms in total. The maximum atomic E-state index is 12.9. The zero-order chi connectivity index (χ0) is 18.9. The lowest BCUT2D eigenvalue weighted by atomic mass is 10.0. The van der Waals surface area contributed by atoms with Crippen LogP contribution in [0.25, 0.3) is 11.0 Å². The molecule has 0 bridgehead atoms. The van der Waals surface area contributed by atoms with Gasteiger partial charge in [-0.1, -0.05) is 30.3 Å². The van der Waals surface area contributed by atoms with E-state index in [4.69, 9.17) is 0 Å². The van der Waals surface area contributed by atoms with E-state index >= 15 is 0 Å². The van der Waals surface area contributed by atoms with Crippen molar-refractivity contribution in [3.05, 3.63) is 71.0 Å². The lowest BCUT2D eigenvalue weighted by Gasteiger charge is -2.28. The van der Waals surface area contributed by atoms with E-state index < -0.39 is 11.7 Å². The summed E-state index contributed by atoms with van der Waals surface area (Å²) in [6.07, 6.45) is -0.639. The van der Waals surface area contributed by atoms with E-state index in [-0.39, 0.29) is 0 Å². The van der Waals surface area contributed by atoms with Gasteiger partial charge in [0.05, 0.1) is 5.56 Å². The van der Waals surface area contributed by atoms with Crippen molar-refractivity contribution in [2.45, 2.75) is 32.0 Å². The van der Waals surface area contributed by atoms with Crippen LogP contribution in [0.1, 0.15) is 28.8 Å². The molecule has 1 aromatic carbocycles. The van der Waals surface area contributed by atoms with Gasteiger partial charge in [-0.05, 0) is 42.6 Å². The number of nitrogens with zero attached hydrogens (tertiary/aromatic N) is 3. The molecule has 0 N–H and O–H groups in total. The maximum absolute atomic E-state index is 12.9. The van der Waals surface area contributed by atoms with Crippen LogP contribution >= 0.6 is 0 Å². The van der Waals surface area contributed by atoms with Crippen LogP contribution in [0.4, 0.5) is 13.2 Å². The molecule has 2 aromatic heterocycles. The van der Waals surface area contributed by atoms with Crippen molar-refractivity contribution in [3.63, 3.8) is 0 Å². The number of benzene rings is 1. The van der Waals surface area contributed by atoms with Gasteiger partial charge in [0.25, 0.3) is 0 Å². The van der Waals surface area contributed by atoms with E-state index in [1.165, 1.54) is 5.56 Å². The van der Waals surface area contributed by atoms with Crippen LogP contribution in [0.5, 0.6) is 0 Å². The van der Waals surface area contributed by atoms with Crippen molar-refractivity contribution in [3.8, 4) is 0 Å². The summed E-state index contributed by atoms with van der Waals surface area (Å²) in [5.74, 6) is 0. The summed E-state index contributed by atoms with van der Waals surface area (Å²) in [4.78, 5) is 10.8. The Hall–Kier alpha value is -2.47. The van der Waals surface area contributed by atoms with Crippen LogP contribution in [0.15, 0.2) is 48.7 Å². The Balaban J connectivity index is 1.47. The molecule has 4 rings (SSSR count). The zero-order valence-corrected chi connectivity index (χ0v) is 14.8. The number of pyridine rings is 2. The molecule has 0 fully saturated rings. The largest absolute Gasteiger partial charge is 0.417 e. The standard InChI is InChI=1S/C21H20F3N3/c22-21(23,24)18-12-16-11-17-14-27(9-4-7-15-5-2-1-3-6-15)10-8-19(17)26-20(16)25-13-18/h1-3,5-6,11-13H,4,7-10,14H2. The fourth-order valence-electron chi connectivity index (χ4n) is 3.58. The van der Waals surface area contributed by atoms with Crippen LogP contribution < -0.4 is 0 Å². The Labute approximate surface area is 155 Å². The smallest absolute Gasteiger partial charge is 0.299 e. The molecule has 0 spiro atoms. The molecular formula is C21H20F3N3. The number of aromatic nitrogens is 2. The second-order valence-electron chi connectivity index (χ2n) is 6.98. The van der Waals surface area contributed by atoms with Gasteiger partial charge in [-0.3, -0.25) is 4.90 Å². The predicted octanol–water partition coefficient (Wildman–Crippen LogP) is 4.64. The lowest BCUT2D eigenvalue weighted by Crippen LogP contribution is -2.32. The number of hydrogen-bond donors (Lipinski definition) is 0. The average molecular weight is 371 g/mol. The van der Waals surface area contributed by atoms with E-state index in [9.17, 15) is 13.2 Å². The number of fused-ring (bicyclic) bond motifs is 2. The second-order valence-corrected chi connectivity index (χ2v) is 6.98. The van der Waals surface area contributed by atoms with Gasteiger partial charge in [0, 0.05) is 36.8 Å². The third-order valence-electron chi connectivity index (χ3n) is 5.01. The summed E-state index contributed by atoms with van der Waals surface area (Å²) in [6.45, 7) is 2.61. The van der Waals surface area contributed by atoms with Crippen molar-refractivity contribution in [1.82, 2.24) is 14.9 Å². The molecule has 0 saturated carbocycles. The van der Waals surface area contributed by atoms with Crippen LogP contribution in [-0.4, -0.2) is 28.0 Å². The minimum Gasteiger partial charge on any atom is -0.299 e. The Morgan fingerprint density at radius 1 is 1.07 bits per heavy atom. The van der Waals surface area contributed by atoms with E-state index in [0.717, 1.165) is 62.4 Å². The number of halogens is 3. The molecule has 1 aliphatic rings. The monoisotopic (exact) mass is 371 g/mol. The van der Waals surface area contributed by atoms with Gasteiger partial charge in [0.1, 0.15) is 0 Å². The van der Waals surface area contributed by atoms with Crippen molar-refractivity contribution in [1.29, 1.82) is 0 Å². The van der Waals surface area contributed by atoms with Crippen molar-refractivity contribution < 1.29 is 13.2 Å². The summed E-state index contributed by atoms with van der Waals surface area (Å²) in [5.41, 5.74) is 2.95. The fraction of sp³-hybridized carbons (Fsp3) is 0.333. The van der Waals surface area contributed by atoms with Gasteiger partial charge in [-0.25, -0.2) is 9.97 Å². The Kier molecular flexibility index (Phi) is 4.83. The normalized spacial score (nSPS) is 15.1. The molecule has 6 heteroatoms. The Morgan fingerprint density at radius 2 is 1.89 bits per heavy atom. The molecule has 1 aliphatic heterocycles. The molecule has 0 radical (unpaired) electrons. The quantitative estimate of drug-likeness (QED) is 0.669. The van der Waals surface area contributed by atoms with Crippen molar-refractivity contribution >= 4 is 11.0 Å². The van der Waals surface area contributed by atoms with Crippen LogP contribution in [0, 0.1) is 0 Å². The molecule has 3 heterocycles. The first-order valence-electron chi connectivity index (χ1n) is 9.11. The third-order valence-corrected chi connectivity index (χ3v) is 5.01. The third kappa shape index (κ3) is 4.11. The predicted molar refractivity (Wildman–Crippen MR) is 98.3 cm³/mol. The summed E-state index contributed by atoms with van der Waals surface area (Å²) in [5, 5.41) is 0.453. The van der Waals surface area contributed by atoms with Gasteiger partial charge >= 0.3 is 6.18 Å². The highest BCUT2D eigenvalue weighted by Gasteiger charge is 2.31. The number of hydrogen-bond acceptors (Lipinski definition) is 3. The molecule has 0 amide bonds. The van der Waals surface area contributed by atoms with Gasteiger partial charge in [0.15, 0.2) is 5.65 Å². The van der Waals surface area contributed by atoms with Crippen molar-refractivity contribution in [2.24, 2.45) is 0 Å². The highest BCUT2D eigenvalue weighted by Crippen LogP contribution is 2.31. The van der Waals surface area contributed by atoms with Gasteiger partial charge in [0.2, 0.25) is 0 Å². The summed E-state index contributed by atoms with van der Waals surface area (Å²) >= 11 is 0. The number of aryl methyl sites for hydroxylation is 1. The Morgan fingerprint density at radius 3 is 2.67 bits per heavy atom. The number of alkyl halides is 3. The molecule has 0 saturated heterocycles. The first-order valence-corrected chi connectivity index (χ1v) is 9.11. The summed E-state index contributed by atoms with van der Waals surface area (Å²) in [6, 6.07) is 13.3. The zero-order valence-electron chi connectivity index (χ0n) is 14.8. The van der Waals surface area contributed by atoms with E-state index in [1.54, 1.807) is 0 Å². The fourth-order valence-corrected chi connectivity index (χ4v) is 3.58. The average Bonchev–Trinajstić information content (AvgIpc) is 2.66. The Bertz CT molecular complexity index is 939. The first-order chi connectivity index (χ1) is 13.0. The second kappa shape index (κ2) is 7.27. The maximum Gasteiger partial charge on any atom is 0.417 e. The SMILES string of the molecule is FC(F)(F)c1cnc2nc3c(cc2c1)CN(CCCc1ccccc1)CC3. The van der Waals surface area contributed by atoms with Gasteiger partial charge in [-0.2, -0.15) is 13.2 Å². The van der Waals surface area contributed by atoms with Gasteiger partial charge < -0.3 is 0 Å². The van der Waals surface area contributed by atoms with E-state index in [0.29, 0.717) is 11.0 Å².